The van der Waals surface area contributed by atoms with Crippen LogP contribution < -0.4 is 5.32 Å². The Hall–Kier alpha value is -0.120. The summed E-state index contributed by atoms with van der Waals surface area (Å²) in [6, 6.07) is 0. The highest BCUT2D eigenvalue weighted by molar-refractivity contribution is 4.69. The van der Waals surface area contributed by atoms with Crippen LogP contribution in [0.15, 0.2) is 0 Å². The van der Waals surface area contributed by atoms with E-state index >= 15 is 0 Å². The summed E-state index contributed by atoms with van der Waals surface area (Å²) < 4.78 is 10.9. The van der Waals surface area contributed by atoms with Crippen LogP contribution in [0.1, 0.15) is 40.0 Å². The van der Waals surface area contributed by atoms with Crippen LogP contribution in [-0.2, 0) is 9.47 Å². The van der Waals surface area contributed by atoms with Crippen LogP contribution in [-0.4, -0.2) is 38.0 Å². The van der Waals surface area contributed by atoms with Gasteiger partial charge in [0.1, 0.15) is 0 Å². The molecule has 3 nitrogen and oxygen atoms in total. The van der Waals surface area contributed by atoms with Gasteiger partial charge < -0.3 is 14.8 Å². The molecule has 0 aromatic heterocycles. The van der Waals surface area contributed by atoms with Crippen molar-refractivity contribution in [2.24, 2.45) is 0 Å². The van der Waals surface area contributed by atoms with Gasteiger partial charge in [-0.05, 0) is 46.6 Å². The van der Waals surface area contributed by atoms with Gasteiger partial charge in [0.25, 0.3) is 0 Å². The molecule has 1 heterocycles. The highest BCUT2D eigenvalue weighted by Gasteiger charge is 2.15. The van der Waals surface area contributed by atoms with Crippen LogP contribution in [0.3, 0.4) is 0 Å². The zero-order valence-electron chi connectivity index (χ0n) is 10.3. The number of ether oxygens (including phenoxy) is 2. The van der Waals surface area contributed by atoms with Crippen LogP contribution >= 0.6 is 0 Å². The fourth-order valence-electron chi connectivity index (χ4n) is 1.58. The van der Waals surface area contributed by atoms with Gasteiger partial charge in [0.15, 0.2) is 0 Å². The van der Waals surface area contributed by atoms with Gasteiger partial charge in [-0.2, -0.15) is 0 Å². The third kappa shape index (κ3) is 6.88. The third-order valence-corrected chi connectivity index (χ3v) is 2.47. The van der Waals surface area contributed by atoms with E-state index in [-0.39, 0.29) is 5.54 Å². The summed E-state index contributed by atoms with van der Waals surface area (Å²) in [5, 5.41) is 3.47. The molecule has 0 radical (unpaired) electrons. The van der Waals surface area contributed by atoms with Crippen molar-refractivity contribution in [3.63, 3.8) is 0 Å². The van der Waals surface area contributed by atoms with Crippen molar-refractivity contribution in [1.29, 1.82) is 0 Å². The molecule has 0 amide bonds. The predicted octanol–water partition coefficient (Wildman–Crippen LogP) is 1.96. The predicted molar refractivity (Wildman–Crippen MR) is 62.2 cm³/mol. The van der Waals surface area contributed by atoms with Gasteiger partial charge in [-0.25, -0.2) is 0 Å². The number of hydrogen-bond acceptors (Lipinski definition) is 3. The van der Waals surface area contributed by atoms with Gasteiger partial charge >= 0.3 is 0 Å². The Labute approximate surface area is 93.5 Å². The Balaban J connectivity index is 1.84. The Morgan fingerprint density at radius 2 is 2.13 bits per heavy atom. The van der Waals surface area contributed by atoms with Crippen molar-refractivity contribution < 1.29 is 9.47 Å². The minimum absolute atomic E-state index is 0.236. The first-order valence-electron chi connectivity index (χ1n) is 6.02. The smallest absolute Gasteiger partial charge is 0.0830 e. The SMILES string of the molecule is CC(C)(C)NCCCCOC1CCOC1. The second kappa shape index (κ2) is 6.46. The van der Waals surface area contributed by atoms with E-state index in [0.717, 1.165) is 39.2 Å². The van der Waals surface area contributed by atoms with Gasteiger partial charge in [-0.1, -0.05) is 0 Å². The van der Waals surface area contributed by atoms with E-state index in [0.29, 0.717) is 6.10 Å². The minimum Gasteiger partial charge on any atom is -0.379 e. The Morgan fingerprint density at radius 3 is 2.73 bits per heavy atom. The Kier molecular flexibility index (Phi) is 5.58. The lowest BCUT2D eigenvalue weighted by Crippen LogP contribution is -2.36. The first-order chi connectivity index (χ1) is 7.08. The molecule has 0 aromatic carbocycles. The number of rotatable bonds is 6. The van der Waals surface area contributed by atoms with Gasteiger partial charge in [0.05, 0.1) is 12.7 Å². The molecule has 1 aliphatic rings. The molecule has 0 bridgehead atoms. The van der Waals surface area contributed by atoms with Crippen molar-refractivity contribution in [2.45, 2.75) is 51.7 Å². The number of hydrogen-bond donors (Lipinski definition) is 1. The zero-order chi connectivity index (χ0) is 11.1. The van der Waals surface area contributed by atoms with E-state index < -0.39 is 0 Å². The fourth-order valence-corrected chi connectivity index (χ4v) is 1.58. The standard InChI is InChI=1S/C12H25NO2/c1-12(2,3)13-7-4-5-8-15-11-6-9-14-10-11/h11,13H,4-10H2,1-3H3. The maximum atomic E-state index is 5.68. The fraction of sp³-hybridized carbons (Fsp3) is 1.00. The topological polar surface area (TPSA) is 30.5 Å². The van der Waals surface area contributed by atoms with E-state index in [4.69, 9.17) is 9.47 Å². The molecule has 90 valence electrons. The molecule has 1 atom stereocenters. The van der Waals surface area contributed by atoms with Crippen molar-refractivity contribution in [2.75, 3.05) is 26.4 Å². The van der Waals surface area contributed by atoms with Gasteiger partial charge in [-0.3, -0.25) is 0 Å². The summed E-state index contributed by atoms with van der Waals surface area (Å²) in [6.45, 7) is 10.2. The van der Waals surface area contributed by atoms with Crippen LogP contribution in [0.25, 0.3) is 0 Å². The van der Waals surface area contributed by atoms with Gasteiger partial charge in [0.2, 0.25) is 0 Å². The molecule has 1 unspecified atom stereocenters. The Morgan fingerprint density at radius 1 is 1.33 bits per heavy atom. The van der Waals surface area contributed by atoms with E-state index in [1.54, 1.807) is 0 Å². The molecule has 1 rings (SSSR count). The van der Waals surface area contributed by atoms with Crippen LogP contribution in [0, 0.1) is 0 Å². The van der Waals surface area contributed by atoms with Gasteiger partial charge in [-0.15, -0.1) is 0 Å². The zero-order valence-corrected chi connectivity index (χ0v) is 10.3. The number of unbranched alkanes of at least 4 members (excludes halogenated alkanes) is 1. The largest absolute Gasteiger partial charge is 0.379 e. The normalized spacial score (nSPS) is 22.2. The van der Waals surface area contributed by atoms with Crippen LogP contribution in [0.5, 0.6) is 0 Å². The molecule has 1 N–H and O–H groups in total. The maximum absolute atomic E-state index is 5.68. The monoisotopic (exact) mass is 215 g/mol. The molecule has 15 heavy (non-hydrogen) atoms. The minimum atomic E-state index is 0.236. The van der Waals surface area contributed by atoms with Gasteiger partial charge in [0, 0.05) is 18.8 Å². The average Bonchev–Trinajstić information content (AvgIpc) is 2.61. The number of nitrogens with one attached hydrogen (secondary N) is 1. The molecule has 0 saturated carbocycles. The average molecular weight is 215 g/mol. The first kappa shape index (κ1) is 12.9. The molecule has 1 saturated heterocycles. The molecule has 1 fully saturated rings. The lowest BCUT2D eigenvalue weighted by molar-refractivity contribution is 0.0407. The Bertz CT molecular complexity index is 159. The highest BCUT2D eigenvalue weighted by atomic mass is 16.5. The van der Waals surface area contributed by atoms with Crippen molar-refractivity contribution >= 4 is 0 Å². The molecule has 0 aliphatic carbocycles. The van der Waals surface area contributed by atoms with E-state index in [2.05, 4.69) is 26.1 Å². The quantitative estimate of drug-likeness (QED) is 0.687. The first-order valence-corrected chi connectivity index (χ1v) is 6.02. The third-order valence-electron chi connectivity index (χ3n) is 2.47. The molecule has 1 aliphatic heterocycles. The molecule has 0 aromatic rings. The lowest BCUT2D eigenvalue weighted by atomic mass is 10.1. The molecule has 3 heteroatoms. The summed E-state index contributed by atoms with van der Waals surface area (Å²) in [7, 11) is 0. The summed E-state index contributed by atoms with van der Waals surface area (Å²) in [4.78, 5) is 0. The summed E-state index contributed by atoms with van der Waals surface area (Å²) in [5.41, 5.74) is 0.236. The summed E-state index contributed by atoms with van der Waals surface area (Å²) in [6.07, 6.45) is 3.76. The van der Waals surface area contributed by atoms with Crippen molar-refractivity contribution in [3.05, 3.63) is 0 Å². The summed E-state index contributed by atoms with van der Waals surface area (Å²) in [5.74, 6) is 0. The van der Waals surface area contributed by atoms with E-state index in [1.165, 1.54) is 6.42 Å². The maximum Gasteiger partial charge on any atom is 0.0830 e. The van der Waals surface area contributed by atoms with E-state index in [1.807, 2.05) is 0 Å². The van der Waals surface area contributed by atoms with E-state index in [9.17, 15) is 0 Å². The van der Waals surface area contributed by atoms with Crippen molar-refractivity contribution in [1.82, 2.24) is 5.32 Å². The highest BCUT2D eigenvalue weighted by Crippen LogP contribution is 2.08. The van der Waals surface area contributed by atoms with Crippen molar-refractivity contribution in [3.8, 4) is 0 Å². The molecular weight excluding hydrogens is 190 g/mol. The second-order valence-corrected chi connectivity index (χ2v) is 5.24. The van der Waals surface area contributed by atoms with Crippen LogP contribution in [0.4, 0.5) is 0 Å². The second-order valence-electron chi connectivity index (χ2n) is 5.24. The molecular formula is C12H25NO2. The lowest BCUT2D eigenvalue weighted by Gasteiger charge is -2.20. The van der Waals surface area contributed by atoms with Crippen LogP contribution in [0.2, 0.25) is 0 Å². The summed E-state index contributed by atoms with van der Waals surface area (Å²) >= 11 is 0. The molecule has 0 spiro atoms.